The number of aliphatic carboxylic acids is 1. The molecule has 13 heavy (non-hydrogen) atoms. The third-order valence-corrected chi connectivity index (χ3v) is 2.61. The van der Waals surface area contributed by atoms with Gasteiger partial charge in [-0.2, -0.15) is 0 Å². The van der Waals surface area contributed by atoms with Gasteiger partial charge in [-0.05, 0) is 33.0 Å². The van der Waals surface area contributed by atoms with Crippen molar-refractivity contribution in [2.24, 2.45) is 0 Å². The molecule has 4 heteroatoms. The van der Waals surface area contributed by atoms with Gasteiger partial charge in [0.25, 0.3) is 0 Å². The van der Waals surface area contributed by atoms with E-state index >= 15 is 0 Å². The molecule has 1 heterocycles. The Morgan fingerprint density at radius 3 is 2.85 bits per heavy atom. The molecular formula is C9H18N2O2. The fourth-order valence-electron chi connectivity index (χ4n) is 2.00. The van der Waals surface area contributed by atoms with Gasteiger partial charge >= 0.3 is 5.97 Å². The van der Waals surface area contributed by atoms with Crippen LogP contribution in [0.2, 0.25) is 0 Å². The highest BCUT2D eigenvalue weighted by Crippen LogP contribution is 2.20. The Balaban J connectivity index is 2.70. The molecule has 0 bridgehead atoms. The first-order chi connectivity index (χ1) is 6.10. The van der Waals surface area contributed by atoms with Crippen molar-refractivity contribution in [3.05, 3.63) is 0 Å². The summed E-state index contributed by atoms with van der Waals surface area (Å²) in [6.45, 7) is 4.26. The summed E-state index contributed by atoms with van der Waals surface area (Å²) < 4.78 is 0. The van der Waals surface area contributed by atoms with Gasteiger partial charge in [-0.15, -0.1) is 0 Å². The van der Waals surface area contributed by atoms with Crippen LogP contribution in [0.3, 0.4) is 0 Å². The largest absolute Gasteiger partial charge is 0.480 e. The molecule has 1 aliphatic rings. The monoisotopic (exact) mass is 186 g/mol. The summed E-state index contributed by atoms with van der Waals surface area (Å²) in [5.41, 5.74) is -0.707. The van der Waals surface area contributed by atoms with E-state index in [4.69, 9.17) is 5.11 Å². The van der Waals surface area contributed by atoms with E-state index in [1.807, 2.05) is 14.0 Å². The molecular weight excluding hydrogens is 168 g/mol. The second-order valence-electron chi connectivity index (χ2n) is 3.76. The van der Waals surface area contributed by atoms with E-state index < -0.39 is 11.5 Å². The smallest absolute Gasteiger partial charge is 0.325 e. The molecule has 0 radical (unpaired) electrons. The minimum atomic E-state index is -0.721. The van der Waals surface area contributed by atoms with Crippen LogP contribution in [0.15, 0.2) is 0 Å². The van der Waals surface area contributed by atoms with E-state index in [1.54, 1.807) is 0 Å². The molecule has 1 fully saturated rings. The zero-order valence-corrected chi connectivity index (χ0v) is 8.34. The molecule has 4 nitrogen and oxygen atoms in total. The van der Waals surface area contributed by atoms with Gasteiger partial charge in [0.1, 0.15) is 5.54 Å². The normalized spacial score (nSPS) is 30.3. The minimum absolute atomic E-state index is 0.607. The first-order valence-electron chi connectivity index (χ1n) is 4.78. The zero-order chi connectivity index (χ0) is 9.90. The predicted molar refractivity (Wildman–Crippen MR) is 50.8 cm³/mol. The highest BCUT2D eigenvalue weighted by atomic mass is 16.4. The van der Waals surface area contributed by atoms with Crippen LogP contribution in [0.25, 0.3) is 0 Å². The summed E-state index contributed by atoms with van der Waals surface area (Å²) >= 11 is 0. The Morgan fingerprint density at radius 2 is 2.38 bits per heavy atom. The fraction of sp³-hybridized carbons (Fsp3) is 0.889. The molecule has 0 aromatic rings. The van der Waals surface area contributed by atoms with Crippen molar-refractivity contribution in [3.8, 4) is 0 Å². The number of nitrogens with zero attached hydrogens (tertiary/aromatic N) is 1. The number of piperidine rings is 1. The van der Waals surface area contributed by atoms with Crippen LogP contribution >= 0.6 is 0 Å². The number of nitrogens with one attached hydrogen (secondary N) is 1. The Hall–Kier alpha value is -0.610. The standard InChI is InChI=1S/C9H18N2O2/c1-3-10-9(8(12)13)5-4-6-11(2)7-9/h10H,3-7H2,1-2H3,(H,12,13). The van der Waals surface area contributed by atoms with Crippen LogP contribution in [-0.2, 0) is 4.79 Å². The topological polar surface area (TPSA) is 52.6 Å². The van der Waals surface area contributed by atoms with Crippen molar-refractivity contribution < 1.29 is 9.90 Å². The third-order valence-electron chi connectivity index (χ3n) is 2.61. The van der Waals surface area contributed by atoms with Crippen molar-refractivity contribution in [2.75, 3.05) is 26.7 Å². The number of carboxylic acid groups (broad SMARTS) is 1. The molecule has 0 aromatic carbocycles. The SMILES string of the molecule is CCNC1(C(=O)O)CCCN(C)C1. The number of hydrogen-bond donors (Lipinski definition) is 2. The second kappa shape index (κ2) is 4.07. The fourth-order valence-corrected chi connectivity index (χ4v) is 2.00. The maximum atomic E-state index is 11.1. The van der Waals surface area contributed by atoms with Crippen LogP contribution in [0.5, 0.6) is 0 Å². The molecule has 0 aromatic heterocycles. The van der Waals surface area contributed by atoms with Gasteiger partial charge < -0.3 is 15.3 Å². The van der Waals surface area contributed by atoms with E-state index in [9.17, 15) is 4.79 Å². The minimum Gasteiger partial charge on any atom is -0.480 e. The molecule has 76 valence electrons. The molecule has 0 saturated carbocycles. The second-order valence-corrected chi connectivity index (χ2v) is 3.76. The number of likely N-dealkylation sites (N-methyl/N-ethyl adjacent to an activating group) is 2. The summed E-state index contributed by atoms with van der Waals surface area (Å²) in [5, 5.41) is 12.2. The van der Waals surface area contributed by atoms with Crippen LogP contribution in [0.4, 0.5) is 0 Å². The van der Waals surface area contributed by atoms with Crippen molar-refractivity contribution in [1.29, 1.82) is 0 Å². The van der Waals surface area contributed by atoms with Crippen LogP contribution in [0.1, 0.15) is 19.8 Å². The summed E-state index contributed by atoms with van der Waals surface area (Å²) in [7, 11) is 1.97. The van der Waals surface area contributed by atoms with Crippen LogP contribution in [-0.4, -0.2) is 48.2 Å². The number of hydrogen-bond acceptors (Lipinski definition) is 3. The lowest BCUT2D eigenvalue weighted by Crippen LogP contribution is -2.61. The lowest BCUT2D eigenvalue weighted by atomic mass is 9.89. The lowest BCUT2D eigenvalue weighted by Gasteiger charge is -2.38. The summed E-state index contributed by atoms with van der Waals surface area (Å²) in [5.74, 6) is -0.721. The Labute approximate surface area is 78.9 Å². The zero-order valence-electron chi connectivity index (χ0n) is 8.34. The molecule has 0 spiro atoms. The van der Waals surface area contributed by atoms with Gasteiger partial charge in [0, 0.05) is 6.54 Å². The summed E-state index contributed by atoms with van der Waals surface area (Å²) in [4.78, 5) is 13.2. The molecule has 0 aliphatic carbocycles. The van der Waals surface area contributed by atoms with E-state index in [2.05, 4.69) is 10.2 Å². The maximum Gasteiger partial charge on any atom is 0.325 e. The van der Waals surface area contributed by atoms with Gasteiger partial charge in [0.05, 0.1) is 0 Å². The molecule has 1 unspecified atom stereocenters. The Morgan fingerprint density at radius 1 is 1.69 bits per heavy atom. The molecule has 1 rings (SSSR count). The Bertz CT molecular complexity index is 192. The van der Waals surface area contributed by atoms with Crippen LogP contribution < -0.4 is 5.32 Å². The van der Waals surface area contributed by atoms with E-state index in [-0.39, 0.29) is 0 Å². The van der Waals surface area contributed by atoms with Crippen LogP contribution in [0, 0.1) is 0 Å². The molecule has 1 aliphatic heterocycles. The highest BCUT2D eigenvalue weighted by Gasteiger charge is 2.40. The van der Waals surface area contributed by atoms with E-state index in [1.165, 1.54) is 0 Å². The van der Waals surface area contributed by atoms with Gasteiger partial charge in [0.15, 0.2) is 0 Å². The van der Waals surface area contributed by atoms with Crippen molar-refractivity contribution in [3.63, 3.8) is 0 Å². The number of carbonyl (C=O) groups is 1. The van der Waals surface area contributed by atoms with E-state index in [0.717, 1.165) is 19.4 Å². The quantitative estimate of drug-likeness (QED) is 0.658. The maximum absolute atomic E-state index is 11.1. The first kappa shape index (κ1) is 10.5. The number of carboxylic acids is 1. The Kier molecular flexibility index (Phi) is 3.27. The van der Waals surface area contributed by atoms with Gasteiger partial charge in [-0.1, -0.05) is 6.92 Å². The van der Waals surface area contributed by atoms with Crippen molar-refractivity contribution in [2.45, 2.75) is 25.3 Å². The number of likely N-dealkylation sites (tertiary alicyclic amines) is 1. The highest BCUT2D eigenvalue weighted by molar-refractivity contribution is 5.79. The summed E-state index contributed by atoms with van der Waals surface area (Å²) in [6.07, 6.45) is 1.69. The molecule has 0 amide bonds. The lowest BCUT2D eigenvalue weighted by molar-refractivity contribution is -0.147. The van der Waals surface area contributed by atoms with Crippen molar-refractivity contribution >= 4 is 5.97 Å². The molecule has 2 N–H and O–H groups in total. The summed E-state index contributed by atoms with van der Waals surface area (Å²) in [6, 6.07) is 0. The number of rotatable bonds is 3. The average Bonchev–Trinajstić information content (AvgIpc) is 2.04. The van der Waals surface area contributed by atoms with E-state index in [0.29, 0.717) is 13.1 Å². The molecule has 1 saturated heterocycles. The predicted octanol–water partition coefficient (Wildman–Crippen LogP) is 0.145. The van der Waals surface area contributed by atoms with Gasteiger partial charge in [0.2, 0.25) is 0 Å². The third kappa shape index (κ3) is 2.19. The van der Waals surface area contributed by atoms with Gasteiger partial charge in [-0.25, -0.2) is 0 Å². The first-order valence-corrected chi connectivity index (χ1v) is 4.78. The average molecular weight is 186 g/mol. The van der Waals surface area contributed by atoms with Crippen molar-refractivity contribution in [1.82, 2.24) is 10.2 Å². The molecule has 1 atom stereocenters. The van der Waals surface area contributed by atoms with Gasteiger partial charge in [-0.3, -0.25) is 4.79 Å².